The highest BCUT2D eigenvalue weighted by molar-refractivity contribution is 5.87. The van der Waals surface area contributed by atoms with Crippen LogP contribution in [0.15, 0.2) is 54.6 Å². The van der Waals surface area contributed by atoms with Crippen LogP contribution in [0.4, 0.5) is 0 Å². The molecule has 0 radical (unpaired) electrons. The quantitative estimate of drug-likeness (QED) is 0.717. The third kappa shape index (κ3) is 6.84. The van der Waals surface area contributed by atoms with E-state index in [1.54, 1.807) is 4.90 Å². The number of rotatable bonds is 9. The lowest BCUT2D eigenvalue weighted by Gasteiger charge is -2.29. The van der Waals surface area contributed by atoms with E-state index < -0.39 is 6.04 Å². The third-order valence-electron chi connectivity index (χ3n) is 4.83. The van der Waals surface area contributed by atoms with Gasteiger partial charge in [-0.3, -0.25) is 9.59 Å². The number of hydrogen-bond donors (Lipinski definition) is 1. The summed E-state index contributed by atoms with van der Waals surface area (Å²) in [7, 11) is 0. The van der Waals surface area contributed by atoms with Crippen molar-refractivity contribution in [3.05, 3.63) is 71.3 Å². The smallest absolute Gasteiger partial charge is 0.242 e. The van der Waals surface area contributed by atoms with Crippen molar-refractivity contribution in [2.75, 3.05) is 6.54 Å². The van der Waals surface area contributed by atoms with Gasteiger partial charge in [0.05, 0.1) is 0 Å². The van der Waals surface area contributed by atoms with Crippen molar-refractivity contribution in [2.24, 2.45) is 0 Å². The van der Waals surface area contributed by atoms with Crippen LogP contribution in [-0.4, -0.2) is 35.3 Å². The van der Waals surface area contributed by atoms with Gasteiger partial charge in [0, 0.05) is 19.0 Å². The summed E-state index contributed by atoms with van der Waals surface area (Å²) in [6, 6.07) is 17.9. The van der Waals surface area contributed by atoms with Gasteiger partial charge in [-0.05, 0) is 51.7 Å². The third-order valence-corrected chi connectivity index (χ3v) is 4.83. The summed E-state index contributed by atoms with van der Waals surface area (Å²) < 4.78 is 0. The average molecular weight is 381 g/mol. The van der Waals surface area contributed by atoms with Crippen LogP contribution in [0, 0.1) is 6.92 Å². The van der Waals surface area contributed by atoms with Gasteiger partial charge in [-0.2, -0.15) is 0 Å². The van der Waals surface area contributed by atoms with E-state index in [0.29, 0.717) is 19.4 Å². The molecule has 0 saturated heterocycles. The molecule has 2 aromatic carbocycles. The second-order valence-corrected chi connectivity index (χ2v) is 7.65. The van der Waals surface area contributed by atoms with Gasteiger partial charge >= 0.3 is 0 Å². The van der Waals surface area contributed by atoms with Crippen molar-refractivity contribution < 1.29 is 9.59 Å². The number of amides is 2. The maximum atomic E-state index is 13.0. The second-order valence-electron chi connectivity index (χ2n) is 7.65. The molecule has 0 aromatic heterocycles. The molecule has 0 bridgehead atoms. The normalized spacial score (nSPS) is 11.9. The predicted octanol–water partition coefficient (Wildman–Crippen LogP) is 3.91. The number of benzene rings is 2. The molecule has 28 heavy (non-hydrogen) atoms. The van der Waals surface area contributed by atoms with Crippen molar-refractivity contribution >= 4 is 11.8 Å². The topological polar surface area (TPSA) is 49.4 Å². The van der Waals surface area contributed by atoms with Crippen LogP contribution in [0.1, 0.15) is 43.9 Å². The number of nitrogens with zero attached hydrogens (tertiary/aromatic N) is 1. The molecule has 0 unspecified atom stereocenters. The molecule has 0 aliphatic carbocycles. The molecule has 150 valence electrons. The molecule has 0 spiro atoms. The Morgan fingerprint density at radius 1 is 0.893 bits per heavy atom. The van der Waals surface area contributed by atoms with Gasteiger partial charge in [0.1, 0.15) is 6.04 Å². The largest absolute Gasteiger partial charge is 0.352 e. The monoisotopic (exact) mass is 380 g/mol. The molecule has 0 fully saturated rings. The Balaban J connectivity index is 2.05. The van der Waals surface area contributed by atoms with Crippen molar-refractivity contribution in [3.63, 3.8) is 0 Å². The molecule has 1 atom stereocenters. The van der Waals surface area contributed by atoms with E-state index in [1.165, 1.54) is 5.56 Å². The summed E-state index contributed by atoms with van der Waals surface area (Å²) >= 11 is 0. The number of aryl methyl sites for hydroxylation is 2. The maximum absolute atomic E-state index is 13.0. The number of carbonyl (C=O) groups is 2. The highest BCUT2D eigenvalue weighted by atomic mass is 16.2. The van der Waals surface area contributed by atoms with Gasteiger partial charge in [0.15, 0.2) is 0 Å². The lowest BCUT2D eigenvalue weighted by atomic mass is 10.1. The summed E-state index contributed by atoms with van der Waals surface area (Å²) in [4.78, 5) is 27.2. The van der Waals surface area contributed by atoms with Crippen LogP contribution >= 0.6 is 0 Å². The zero-order chi connectivity index (χ0) is 20.5. The van der Waals surface area contributed by atoms with Gasteiger partial charge in [0.25, 0.3) is 0 Å². The van der Waals surface area contributed by atoms with Crippen LogP contribution in [0.2, 0.25) is 0 Å². The second kappa shape index (κ2) is 10.6. The Morgan fingerprint density at radius 3 is 2.11 bits per heavy atom. The van der Waals surface area contributed by atoms with E-state index in [9.17, 15) is 9.59 Å². The van der Waals surface area contributed by atoms with Crippen LogP contribution in [0.25, 0.3) is 0 Å². The minimum atomic E-state index is -0.489. The van der Waals surface area contributed by atoms with Gasteiger partial charge in [-0.25, -0.2) is 0 Å². The van der Waals surface area contributed by atoms with Crippen LogP contribution in [0.5, 0.6) is 0 Å². The highest BCUT2D eigenvalue weighted by Crippen LogP contribution is 2.11. The fraction of sp³-hybridized carbons (Fsp3) is 0.417. The van der Waals surface area contributed by atoms with Gasteiger partial charge in [-0.15, -0.1) is 0 Å². The van der Waals surface area contributed by atoms with Crippen LogP contribution in [-0.2, 0) is 22.4 Å². The molecule has 2 aromatic rings. The molecule has 4 nitrogen and oxygen atoms in total. The Morgan fingerprint density at radius 2 is 1.50 bits per heavy atom. The first-order valence-corrected chi connectivity index (χ1v) is 10.1. The van der Waals surface area contributed by atoms with Crippen molar-refractivity contribution in [1.82, 2.24) is 10.2 Å². The molecule has 2 rings (SSSR count). The van der Waals surface area contributed by atoms with Crippen molar-refractivity contribution in [2.45, 2.75) is 59.0 Å². The summed E-state index contributed by atoms with van der Waals surface area (Å²) in [5.41, 5.74) is 3.51. The number of hydrogen-bond acceptors (Lipinski definition) is 2. The highest BCUT2D eigenvalue weighted by Gasteiger charge is 2.25. The number of nitrogens with one attached hydrogen (secondary N) is 1. The lowest BCUT2D eigenvalue weighted by Crippen LogP contribution is -2.50. The van der Waals surface area contributed by atoms with Crippen LogP contribution in [0.3, 0.4) is 0 Å². The Bertz CT molecular complexity index is 754. The molecule has 0 saturated carbocycles. The van der Waals surface area contributed by atoms with Crippen molar-refractivity contribution in [1.29, 1.82) is 0 Å². The lowest BCUT2D eigenvalue weighted by molar-refractivity contribution is -0.140. The van der Waals surface area contributed by atoms with Crippen LogP contribution < -0.4 is 5.32 Å². The zero-order valence-electron chi connectivity index (χ0n) is 17.4. The standard InChI is InChI=1S/C24H32N2O2/c1-18(2)25-24(28)20(4)26(17-16-21-8-6-5-7-9-21)23(27)15-14-22-12-10-19(3)11-13-22/h5-13,18,20H,14-17H2,1-4H3,(H,25,28)/t20-/m1/s1. The van der Waals surface area contributed by atoms with E-state index >= 15 is 0 Å². The van der Waals surface area contributed by atoms with E-state index in [0.717, 1.165) is 17.5 Å². The maximum Gasteiger partial charge on any atom is 0.242 e. The Kier molecular flexibility index (Phi) is 8.24. The average Bonchev–Trinajstić information content (AvgIpc) is 2.67. The summed E-state index contributed by atoms with van der Waals surface area (Å²) in [5.74, 6) is -0.0883. The minimum Gasteiger partial charge on any atom is -0.352 e. The summed E-state index contributed by atoms with van der Waals surface area (Å²) in [6.45, 7) is 8.25. The molecule has 0 heterocycles. The minimum absolute atomic E-state index is 0.0166. The molecule has 0 aliphatic heterocycles. The zero-order valence-corrected chi connectivity index (χ0v) is 17.4. The molecule has 0 aliphatic rings. The first-order valence-electron chi connectivity index (χ1n) is 10.1. The molecule has 2 amide bonds. The Labute approximate surface area is 169 Å². The molecule has 1 N–H and O–H groups in total. The summed E-state index contributed by atoms with van der Waals surface area (Å²) in [5, 5.41) is 2.92. The number of carbonyl (C=O) groups excluding carboxylic acids is 2. The van der Waals surface area contributed by atoms with E-state index in [2.05, 4.69) is 36.5 Å². The first kappa shape index (κ1) is 21.7. The fourth-order valence-electron chi connectivity index (χ4n) is 3.12. The van der Waals surface area contributed by atoms with E-state index in [1.807, 2.05) is 51.1 Å². The first-order chi connectivity index (χ1) is 13.4. The van der Waals surface area contributed by atoms with E-state index in [4.69, 9.17) is 0 Å². The van der Waals surface area contributed by atoms with E-state index in [-0.39, 0.29) is 17.9 Å². The van der Waals surface area contributed by atoms with Gasteiger partial charge < -0.3 is 10.2 Å². The predicted molar refractivity (Wildman–Crippen MR) is 114 cm³/mol. The fourth-order valence-corrected chi connectivity index (χ4v) is 3.12. The van der Waals surface area contributed by atoms with Gasteiger partial charge in [-0.1, -0.05) is 60.2 Å². The molecule has 4 heteroatoms. The Hall–Kier alpha value is -2.62. The van der Waals surface area contributed by atoms with Gasteiger partial charge in [0.2, 0.25) is 11.8 Å². The summed E-state index contributed by atoms with van der Waals surface area (Å²) in [6.07, 6.45) is 1.81. The molecular formula is C24H32N2O2. The van der Waals surface area contributed by atoms with Crippen molar-refractivity contribution in [3.8, 4) is 0 Å². The molecular weight excluding hydrogens is 348 g/mol. The SMILES string of the molecule is Cc1ccc(CCC(=O)N(CCc2ccccc2)[C@H](C)C(=O)NC(C)C)cc1.